The summed E-state index contributed by atoms with van der Waals surface area (Å²) in [6.07, 6.45) is 45.3. The molecule has 0 aromatic rings. The lowest BCUT2D eigenvalue weighted by Crippen LogP contribution is -2.29. The van der Waals surface area contributed by atoms with Crippen LogP contribution in [0.25, 0.3) is 0 Å². The third-order valence-corrected chi connectivity index (χ3v) is 9.88. The van der Waals surface area contributed by atoms with Gasteiger partial charge < -0.3 is 25.2 Å². The molecule has 0 heterocycles. The summed E-state index contributed by atoms with van der Waals surface area (Å²) in [7, 11) is -4.40. The van der Waals surface area contributed by atoms with Gasteiger partial charge in [-0.15, -0.1) is 0 Å². The van der Waals surface area contributed by atoms with Gasteiger partial charge in [0.15, 0.2) is 6.10 Å². The number of carbonyl (C=O) groups is 2. The number of nitrogens with two attached hydrogens (primary N) is 1. The summed E-state index contributed by atoms with van der Waals surface area (Å²) < 4.78 is 32.7. The predicted molar refractivity (Wildman–Crippen MR) is 230 cm³/mol. The highest BCUT2D eigenvalue weighted by molar-refractivity contribution is 7.47. The normalized spacial score (nSPS) is 14.4. The highest BCUT2D eigenvalue weighted by atomic mass is 31.2. The monoisotopic (exact) mass is 810 g/mol. The zero-order chi connectivity index (χ0) is 41.2. The molecule has 0 spiro atoms. The molecule has 1 unspecified atom stereocenters. The number of carbonyl (C=O) groups excluding carboxylic acids is 2. The molecule has 324 valence electrons. The molecular weight excluding hydrogens is 729 g/mol. The van der Waals surface area contributed by atoms with Crippen LogP contribution in [-0.4, -0.2) is 60.5 Å². The van der Waals surface area contributed by atoms with Gasteiger partial charge in [0.25, 0.3) is 0 Å². The van der Waals surface area contributed by atoms with Crippen molar-refractivity contribution in [3.63, 3.8) is 0 Å². The Morgan fingerprint density at radius 1 is 0.607 bits per heavy atom. The summed E-state index contributed by atoms with van der Waals surface area (Å²) in [5.41, 5.74) is 5.34. The Balaban J connectivity index is 4.26. The second kappa shape index (κ2) is 40.9. The van der Waals surface area contributed by atoms with E-state index in [4.69, 9.17) is 24.3 Å². The van der Waals surface area contributed by atoms with Gasteiger partial charge in [0.05, 0.1) is 19.3 Å². The minimum atomic E-state index is -4.40. The second-order valence-corrected chi connectivity index (χ2v) is 15.9. The molecule has 0 rings (SSSR count). The van der Waals surface area contributed by atoms with Crippen LogP contribution in [0, 0.1) is 0 Å². The quantitative estimate of drug-likeness (QED) is 0.0236. The predicted octanol–water partition coefficient (Wildman–Crippen LogP) is 11.5. The van der Waals surface area contributed by atoms with Crippen molar-refractivity contribution in [1.82, 2.24) is 0 Å². The number of phosphoric acid groups is 1. The average molecular weight is 810 g/mol. The Bertz CT molecular complexity index is 1120. The van der Waals surface area contributed by atoms with Crippen molar-refractivity contribution in [3.8, 4) is 0 Å². The maximum absolute atomic E-state index is 12.6. The van der Waals surface area contributed by atoms with Gasteiger partial charge in [0.2, 0.25) is 0 Å². The lowest BCUT2D eigenvalue weighted by atomic mass is 10.1. The lowest BCUT2D eigenvalue weighted by molar-refractivity contribution is -0.161. The SMILES string of the molecule is CCCCCCCC/C=C\CCCCCCCCCC(=O)OC[C@H](COP(=O)(O)OCCN)OC(=O)CCC/C=C\C/C=C\C/C=C\C/C=C\CCC[C@H](C)O. The molecule has 0 aliphatic carbocycles. The van der Waals surface area contributed by atoms with Crippen LogP contribution < -0.4 is 5.73 Å². The first kappa shape index (κ1) is 53.7. The molecule has 0 saturated heterocycles. The first-order valence-electron chi connectivity index (χ1n) is 21.8. The molecule has 0 amide bonds. The summed E-state index contributed by atoms with van der Waals surface area (Å²) >= 11 is 0. The van der Waals surface area contributed by atoms with Crippen LogP contribution in [0.5, 0.6) is 0 Å². The number of rotatable bonds is 40. The summed E-state index contributed by atoms with van der Waals surface area (Å²) in [6, 6.07) is 0. The van der Waals surface area contributed by atoms with Crippen molar-refractivity contribution in [2.75, 3.05) is 26.4 Å². The minimum Gasteiger partial charge on any atom is -0.462 e. The number of aliphatic hydroxyl groups excluding tert-OH is 1. The molecule has 0 aromatic heterocycles. The van der Waals surface area contributed by atoms with Gasteiger partial charge >= 0.3 is 19.8 Å². The zero-order valence-electron chi connectivity index (χ0n) is 35.2. The molecule has 3 atom stereocenters. The number of ether oxygens (including phenoxy) is 2. The molecule has 0 fully saturated rings. The topological polar surface area (TPSA) is 155 Å². The molecule has 4 N–H and O–H groups in total. The van der Waals surface area contributed by atoms with Crippen LogP contribution in [0.1, 0.15) is 174 Å². The third kappa shape index (κ3) is 41.3. The number of unbranched alkanes of at least 4 members (excludes halogenated alkanes) is 15. The minimum absolute atomic E-state index is 0.0365. The molecular formula is C45H80NO9P. The van der Waals surface area contributed by atoms with E-state index in [1.165, 1.54) is 64.2 Å². The van der Waals surface area contributed by atoms with Crippen molar-refractivity contribution >= 4 is 19.8 Å². The van der Waals surface area contributed by atoms with Gasteiger partial charge in [-0.2, -0.15) is 0 Å². The fourth-order valence-electron chi connectivity index (χ4n) is 5.64. The first-order chi connectivity index (χ1) is 27.2. The second-order valence-electron chi connectivity index (χ2n) is 14.5. The Kier molecular flexibility index (Phi) is 39.2. The van der Waals surface area contributed by atoms with Gasteiger partial charge in [0.1, 0.15) is 6.61 Å². The average Bonchev–Trinajstić information content (AvgIpc) is 3.17. The number of aliphatic hydroxyl groups is 1. The number of esters is 2. The fraction of sp³-hybridized carbons (Fsp3) is 0.733. The Hall–Kier alpha value is -2.33. The summed E-state index contributed by atoms with van der Waals surface area (Å²) in [5.74, 6) is -0.919. The fourth-order valence-corrected chi connectivity index (χ4v) is 6.40. The highest BCUT2D eigenvalue weighted by Crippen LogP contribution is 2.43. The van der Waals surface area contributed by atoms with Gasteiger partial charge in [-0.1, -0.05) is 132 Å². The van der Waals surface area contributed by atoms with Crippen molar-refractivity contribution in [3.05, 3.63) is 60.8 Å². The van der Waals surface area contributed by atoms with Crippen molar-refractivity contribution in [1.29, 1.82) is 0 Å². The van der Waals surface area contributed by atoms with E-state index in [9.17, 15) is 24.2 Å². The standard InChI is InChI=1S/C45H80NO9P/c1-3-4-5-6-7-8-9-10-11-12-15-18-21-24-27-30-33-36-44(48)52-40-43(41-54-56(50,51)53-39-38-46)55-45(49)37-34-31-28-25-22-19-16-13-14-17-20-23-26-29-32-35-42(2)47/h10-11,14,16-17,19,23,25-26,28,42-43,47H,3-9,12-13,15,18,20-22,24,27,29-41,46H2,1-2H3,(H,50,51)/b11-10-,17-14-,19-16-,26-23-,28-25-/t42-,43+/m0/s1. The van der Waals surface area contributed by atoms with E-state index < -0.39 is 32.5 Å². The van der Waals surface area contributed by atoms with E-state index in [-0.39, 0.29) is 38.7 Å². The smallest absolute Gasteiger partial charge is 0.462 e. The van der Waals surface area contributed by atoms with Gasteiger partial charge in [-0.25, -0.2) is 4.57 Å². The van der Waals surface area contributed by atoms with E-state index in [0.29, 0.717) is 19.3 Å². The van der Waals surface area contributed by atoms with E-state index in [1.807, 2.05) is 13.0 Å². The van der Waals surface area contributed by atoms with E-state index in [0.717, 1.165) is 64.2 Å². The number of hydrogen-bond donors (Lipinski definition) is 3. The zero-order valence-corrected chi connectivity index (χ0v) is 36.1. The maximum Gasteiger partial charge on any atom is 0.472 e. The summed E-state index contributed by atoms with van der Waals surface area (Å²) in [5, 5.41) is 9.27. The summed E-state index contributed by atoms with van der Waals surface area (Å²) in [4.78, 5) is 34.8. The van der Waals surface area contributed by atoms with Crippen molar-refractivity contribution in [2.24, 2.45) is 5.73 Å². The number of allylic oxidation sites excluding steroid dienone is 10. The van der Waals surface area contributed by atoms with Crippen LogP contribution in [0.2, 0.25) is 0 Å². The molecule has 0 saturated carbocycles. The van der Waals surface area contributed by atoms with Gasteiger partial charge in [-0.3, -0.25) is 18.6 Å². The molecule has 0 radical (unpaired) electrons. The van der Waals surface area contributed by atoms with Crippen LogP contribution in [0.3, 0.4) is 0 Å². The van der Waals surface area contributed by atoms with Gasteiger partial charge in [0, 0.05) is 19.4 Å². The number of hydrogen-bond acceptors (Lipinski definition) is 9. The van der Waals surface area contributed by atoms with Crippen molar-refractivity contribution < 1.29 is 42.7 Å². The van der Waals surface area contributed by atoms with Crippen LogP contribution >= 0.6 is 7.82 Å². The lowest BCUT2D eigenvalue weighted by Gasteiger charge is -2.19. The van der Waals surface area contributed by atoms with E-state index in [2.05, 4.69) is 61.6 Å². The van der Waals surface area contributed by atoms with Crippen molar-refractivity contribution in [2.45, 2.75) is 187 Å². The molecule has 56 heavy (non-hydrogen) atoms. The summed E-state index contributed by atoms with van der Waals surface area (Å²) in [6.45, 7) is 3.19. The molecule has 10 nitrogen and oxygen atoms in total. The van der Waals surface area contributed by atoms with Crippen LogP contribution in [0.4, 0.5) is 0 Å². The van der Waals surface area contributed by atoms with Crippen LogP contribution in [-0.2, 0) is 32.7 Å². The van der Waals surface area contributed by atoms with E-state index in [1.54, 1.807) is 0 Å². The molecule has 0 aromatic carbocycles. The molecule has 0 bridgehead atoms. The Morgan fingerprint density at radius 2 is 1.07 bits per heavy atom. The largest absolute Gasteiger partial charge is 0.472 e. The maximum atomic E-state index is 12.6. The first-order valence-corrected chi connectivity index (χ1v) is 23.3. The molecule has 11 heteroatoms. The van der Waals surface area contributed by atoms with Gasteiger partial charge in [-0.05, 0) is 90.4 Å². The molecule has 0 aliphatic heterocycles. The Morgan fingerprint density at radius 3 is 1.62 bits per heavy atom. The third-order valence-electron chi connectivity index (χ3n) is 8.89. The number of phosphoric ester groups is 1. The van der Waals surface area contributed by atoms with E-state index >= 15 is 0 Å². The molecule has 0 aliphatic rings. The van der Waals surface area contributed by atoms with Crippen LogP contribution in [0.15, 0.2) is 60.8 Å². The Labute approximate surface area is 341 Å². The highest BCUT2D eigenvalue weighted by Gasteiger charge is 2.25.